The normalized spacial score (nSPS) is 15.2. The van der Waals surface area contributed by atoms with Crippen molar-refractivity contribution in [2.24, 2.45) is 0 Å². The molecule has 3 aromatic carbocycles. The first kappa shape index (κ1) is 29.6. The molecule has 1 unspecified atom stereocenters. The van der Waals surface area contributed by atoms with Crippen molar-refractivity contribution in [1.29, 1.82) is 0 Å². The van der Waals surface area contributed by atoms with Crippen LogP contribution >= 0.6 is 0 Å². The van der Waals surface area contributed by atoms with E-state index in [0.29, 0.717) is 24.8 Å². The number of ether oxygens (including phenoxy) is 2. The van der Waals surface area contributed by atoms with Gasteiger partial charge in [-0.2, -0.15) is 8.78 Å². The second-order valence-corrected chi connectivity index (χ2v) is 10.1. The van der Waals surface area contributed by atoms with Gasteiger partial charge in [-0.15, -0.1) is 0 Å². The summed E-state index contributed by atoms with van der Waals surface area (Å²) >= 11 is 0. The molecule has 0 heterocycles. The summed E-state index contributed by atoms with van der Waals surface area (Å²) in [6.07, 6.45) is 6.56. The third-order valence-electron chi connectivity index (χ3n) is 7.31. The Labute approximate surface area is 230 Å². The summed E-state index contributed by atoms with van der Waals surface area (Å²) in [7, 11) is 0. The van der Waals surface area contributed by atoms with E-state index < -0.39 is 47.3 Å². The summed E-state index contributed by atoms with van der Waals surface area (Å²) in [5, 5.41) is 0. The molecule has 0 aromatic heterocycles. The van der Waals surface area contributed by atoms with Gasteiger partial charge in [0, 0.05) is 11.1 Å². The first-order chi connectivity index (χ1) is 19.2. The van der Waals surface area contributed by atoms with E-state index in [0.717, 1.165) is 25.7 Å². The maximum Gasteiger partial charge on any atom is 0.201 e. The molecule has 40 heavy (non-hydrogen) atoms. The minimum atomic E-state index is -1.25. The Balaban J connectivity index is 1.41. The third-order valence-corrected chi connectivity index (χ3v) is 7.31. The number of unbranched alkanes of at least 4 members (excludes halogenated alkanes) is 3. The molecule has 8 heteroatoms. The van der Waals surface area contributed by atoms with E-state index in [1.807, 2.05) is 0 Å². The lowest BCUT2D eigenvalue weighted by Gasteiger charge is -2.24. The Morgan fingerprint density at radius 3 is 2.17 bits per heavy atom. The quantitative estimate of drug-likeness (QED) is 0.171. The average molecular weight is 563 g/mol. The van der Waals surface area contributed by atoms with Crippen molar-refractivity contribution in [2.75, 3.05) is 6.61 Å². The molecule has 4 rings (SSSR count). The van der Waals surface area contributed by atoms with E-state index in [1.54, 1.807) is 12.1 Å². The summed E-state index contributed by atoms with van der Waals surface area (Å²) in [6, 6.07) is 8.26. The van der Waals surface area contributed by atoms with Crippen LogP contribution in [0.15, 0.2) is 42.5 Å². The van der Waals surface area contributed by atoms with Crippen LogP contribution in [0.4, 0.5) is 26.3 Å². The largest absolute Gasteiger partial charge is 0.490 e. The molecule has 0 N–H and O–H groups in total. The zero-order valence-electron chi connectivity index (χ0n) is 22.6. The maximum atomic E-state index is 15.0. The van der Waals surface area contributed by atoms with Crippen molar-refractivity contribution in [3.8, 4) is 11.5 Å². The second kappa shape index (κ2) is 13.3. The number of benzene rings is 3. The van der Waals surface area contributed by atoms with Crippen molar-refractivity contribution < 1.29 is 35.8 Å². The molecule has 0 bridgehead atoms. The molecule has 1 atom stereocenters. The van der Waals surface area contributed by atoms with Gasteiger partial charge in [0.05, 0.1) is 6.61 Å². The van der Waals surface area contributed by atoms with Gasteiger partial charge >= 0.3 is 0 Å². The van der Waals surface area contributed by atoms with E-state index in [2.05, 4.69) is 6.92 Å². The molecule has 1 aliphatic carbocycles. The molecule has 0 spiro atoms. The van der Waals surface area contributed by atoms with E-state index >= 15 is 0 Å². The van der Waals surface area contributed by atoms with Gasteiger partial charge < -0.3 is 9.47 Å². The third kappa shape index (κ3) is 6.48. The van der Waals surface area contributed by atoms with Gasteiger partial charge in [-0.05, 0) is 79.5 Å². The Kier molecular flexibility index (Phi) is 9.82. The minimum Gasteiger partial charge on any atom is -0.490 e. The molecule has 214 valence electrons. The van der Waals surface area contributed by atoms with Gasteiger partial charge in [-0.3, -0.25) is 0 Å². The molecule has 3 aromatic rings. The topological polar surface area (TPSA) is 18.5 Å². The Morgan fingerprint density at radius 1 is 0.725 bits per heavy atom. The lowest BCUT2D eigenvalue weighted by Crippen LogP contribution is -2.09. The maximum absolute atomic E-state index is 15.0. The van der Waals surface area contributed by atoms with Crippen LogP contribution in [0.5, 0.6) is 11.5 Å². The van der Waals surface area contributed by atoms with Gasteiger partial charge in [0.15, 0.2) is 34.8 Å². The van der Waals surface area contributed by atoms with Crippen molar-refractivity contribution in [2.45, 2.75) is 71.3 Å². The van der Waals surface area contributed by atoms with Crippen LogP contribution < -0.4 is 9.47 Å². The predicted molar refractivity (Wildman–Crippen MR) is 142 cm³/mol. The van der Waals surface area contributed by atoms with Crippen molar-refractivity contribution >= 4 is 5.57 Å². The highest BCUT2D eigenvalue weighted by molar-refractivity contribution is 5.68. The number of halogens is 6. The first-order valence-electron chi connectivity index (χ1n) is 13.6. The average Bonchev–Trinajstić information content (AvgIpc) is 2.96. The van der Waals surface area contributed by atoms with Gasteiger partial charge in [0.25, 0.3) is 0 Å². The summed E-state index contributed by atoms with van der Waals surface area (Å²) in [6.45, 7) is 3.30. The lowest BCUT2D eigenvalue weighted by atomic mass is 9.82. The number of aryl methyl sites for hydroxylation is 1. The number of hydrogen-bond acceptors (Lipinski definition) is 2. The molecule has 0 saturated heterocycles. The molecule has 0 amide bonds. The fourth-order valence-electron chi connectivity index (χ4n) is 4.89. The summed E-state index contributed by atoms with van der Waals surface area (Å²) in [5.41, 5.74) is 0.909. The van der Waals surface area contributed by atoms with Crippen LogP contribution in [0.1, 0.15) is 80.0 Å². The highest BCUT2D eigenvalue weighted by atomic mass is 19.2. The molecular formula is C32H32F6O2. The van der Waals surface area contributed by atoms with E-state index in [9.17, 15) is 26.3 Å². The molecule has 1 aliphatic rings. The lowest BCUT2D eigenvalue weighted by molar-refractivity contribution is 0.269. The Hall–Kier alpha value is -3.42. The fraction of sp³-hybridized carbons (Fsp3) is 0.375. The van der Waals surface area contributed by atoms with Gasteiger partial charge in [0.2, 0.25) is 11.6 Å². The van der Waals surface area contributed by atoms with Crippen molar-refractivity contribution in [3.05, 3.63) is 99.6 Å². The van der Waals surface area contributed by atoms with Crippen molar-refractivity contribution in [1.82, 2.24) is 0 Å². The van der Waals surface area contributed by atoms with Crippen LogP contribution in [-0.2, 0) is 6.61 Å². The molecular weight excluding hydrogens is 530 g/mol. The summed E-state index contributed by atoms with van der Waals surface area (Å²) in [4.78, 5) is 0. The van der Waals surface area contributed by atoms with Crippen LogP contribution in [0.25, 0.3) is 5.57 Å². The number of allylic oxidation sites excluding steroid dienone is 2. The summed E-state index contributed by atoms with van der Waals surface area (Å²) in [5.74, 6) is -7.39. The van der Waals surface area contributed by atoms with Crippen LogP contribution in [0.3, 0.4) is 0 Å². The van der Waals surface area contributed by atoms with Crippen LogP contribution in [0.2, 0.25) is 0 Å². The van der Waals surface area contributed by atoms with Gasteiger partial charge in [-0.1, -0.05) is 44.4 Å². The zero-order chi connectivity index (χ0) is 28.8. The molecule has 0 fully saturated rings. The number of hydrogen-bond donors (Lipinski definition) is 0. The second-order valence-electron chi connectivity index (χ2n) is 10.1. The first-order valence-corrected chi connectivity index (χ1v) is 13.6. The summed E-state index contributed by atoms with van der Waals surface area (Å²) < 4.78 is 97.9. The van der Waals surface area contributed by atoms with Gasteiger partial charge in [-0.25, -0.2) is 17.6 Å². The Bertz CT molecular complexity index is 1380. The van der Waals surface area contributed by atoms with Crippen LogP contribution in [0, 0.1) is 41.8 Å². The van der Waals surface area contributed by atoms with Crippen LogP contribution in [-0.4, -0.2) is 6.61 Å². The zero-order valence-corrected chi connectivity index (χ0v) is 22.6. The predicted octanol–water partition coefficient (Wildman–Crippen LogP) is 9.72. The highest BCUT2D eigenvalue weighted by Crippen LogP contribution is 2.39. The standard InChI is InChI=1S/C32H32F6O2/c1-3-4-5-6-17-39-25-15-12-22(28(34)31(25)37)18-40-26-16-14-24(30(36)32(26)38)21-10-8-20(9-11-21)23-13-7-19(2)27(33)29(23)35/h7,10,12-16,20H,3-6,8-9,11,17-18H2,1-2H3. The van der Waals surface area contributed by atoms with Crippen molar-refractivity contribution in [3.63, 3.8) is 0 Å². The molecule has 0 radical (unpaired) electrons. The molecule has 0 aliphatic heterocycles. The smallest absolute Gasteiger partial charge is 0.201 e. The SMILES string of the molecule is CCCCCCOc1ccc(COc2ccc(C3=CCC(c4ccc(C)c(F)c4F)CC3)c(F)c2F)c(F)c1F. The van der Waals surface area contributed by atoms with E-state index in [4.69, 9.17) is 9.47 Å². The highest BCUT2D eigenvalue weighted by Gasteiger charge is 2.25. The minimum absolute atomic E-state index is 0.0384. The Morgan fingerprint density at radius 2 is 1.45 bits per heavy atom. The van der Waals surface area contributed by atoms with Gasteiger partial charge in [0.1, 0.15) is 6.61 Å². The fourth-order valence-corrected chi connectivity index (χ4v) is 4.89. The monoisotopic (exact) mass is 562 g/mol. The molecule has 2 nitrogen and oxygen atoms in total. The van der Waals surface area contributed by atoms with E-state index in [1.165, 1.54) is 37.3 Å². The molecule has 0 saturated carbocycles. The van der Waals surface area contributed by atoms with E-state index in [-0.39, 0.29) is 40.5 Å². The number of rotatable bonds is 11.